The molecule has 2 amide bonds. The number of carbonyl (C=O) groups is 2. The number of ether oxygens (including phenoxy) is 1. The van der Waals surface area contributed by atoms with Crippen molar-refractivity contribution in [2.75, 3.05) is 38.2 Å². The molecule has 1 aliphatic rings. The third-order valence-corrected chi connectivity index (χ3v) is 5.00. The molecule has 1 aliphatic heterocycles. The summed E-state index contributed by atoms with van der Waals surface area (Å²) in [5.74, 6) is 1.30. The number of piperidine rings is 1. The van der Waals surface area contributed by atoms with Crippen molar-refractivity contribution in [1.29, 1.82) is 0 Å². The summed E-state index contributed by atoms with van der Waals surface area (Å²) < 4.78 is 4.82. The Hall–Kier alpha value is -2.83. The molecule has 0 aliphatic carbocycles. The monoisotopic (exact) mass is 370 g/mol. The van der Waals surface area contributed by atoms with Gasteiger partial charge in [0, 0.05) is 38.3 Å². The fourth-order valence-electron chi connectivity index (χ4n) is 3.42. The van der Waals surface area contributed by atoms with Gasteiger partial charge in [0.15, 0.2) is 6.61 Å². The maximum Gasteiger partial charge on any atom is 0.407 e. The molecule has 1 aromatic carbocycles. The Morgan fingerprint density at radius 3 is 2.78 bits per heavy atom. The van der Waals surface area contributed by atoms with E-state index in [1.165, 1.54) is 17.8 Å². The first kappa shape index (κ1) is 18.9. The van der Waals surface area contributed by atoms with Gasteiger partial charge in [-0.2, -0.15) is 0 Å². The van der Waals surface area contributed by atoms with Crippen molar-refractivity contribution < 1.29 is 14.3 Å². The van der Waals surface area contributed by atoms with Crippen LogP contribution in [0.5, 0.6) is 0 Å². The topological polar surface area (TPSA) is 83.6 Å². The van der Waals surface area contributed by atoms with Gasteiger partial charge in [-0.3, -0.25) is 4.79 Å². The van der Waals surface area contributed by atoms with Gasteiger partial charge in [-0.05, 0) is 36.6 Å². The van der Waals surface area contributed by atoms with E-state index in [4.69, 9.17) is 4.74 Å². The fraction of sp³-hybridized carbons (Fsp3) is 0.450. The number of aromatic nitrogens is 1. The molecule has 3 rings (SSSR count). The Kier molecular flexibility index (Phi) is 6.46. The summed E-state index contributed by atoms with van der Waals surface area (Å²) in [6.07, 6.45) is 4.37. The predicted molar refractivity (Wildman–Crippen MR) is 105 cm³/mol. The summed E-state index contributed by atoms with van der Waals surface area (Å²) in [7, 11) is 1.50. The number of hydrogen-bond acceptors (Lipinski definition) is 5. The summed E-state index contributed by atoms with van der Waals surface area (Å²) >= 11 is 0. The molecule has 0 unspecified atom stereocenters. The van der Waals surface area contributed by atoms with Gasteiger partial charge in [-0.25, -0.2) is 9.78 Å². The highest BCUT2D eigenvalue weighted by Crippen LogP contribution is 2.28. The molecule has 1 aromatic heterocycles. The van der Waals surface area contributed by atoms with Crippen LogP contribution in [0.4, 0.5) is 10.6 Å². The van der Waals surface area contributed by atoms with Crippen molar-refractivity contribution in [3.8, 4) is 0 Å². The molecule has 2 aromatic rings. The third-order valence-electron chi connectivity index (χ3n) is 5.00. The molecule has 27 heavy (non-hydrogen) atoms. The van der Waals surface area contributed by atoms with E-state index in [1.54, 1.807) is 0 Å². The molecule has 0 bridgehead atoms. The van der Waals surface area contributed by atoms with Gasteiger partial charge in [0.1, 0.15) is 5.82 Å². The number of rotatable bonds is 6. The maximum absolute atomic E-state index is 11.5. The summed E-state index contributed by atoms with van der Waals surface area (Å²) in [4.78, 5) is 29.5. The molecule has 1 fully saturated rings. The largest absolute Gasteiger partial charge is 0.439 e. The molecular formula is C20H26N4O3. The zero-order valence-electron chi connectivity index (χ0n) is 15.6. The number of fused-ring (bicyclic) bond motifs is 1. The van der Waals surface area contributed by atoms with Gasteiger partial charge < -0.3 is 20.3 Å². The van der Waals surface area contributed by atoms with E-state index in [0.29, 0.717) is 12.5 Å². The minimum Gasteiger partial charge on any atom is -0.439 e. The third kappa shape index (κ3) is 5.09. The van der Waals surface area contributed by atoms with Crippen LogP contribution in [-0.4, -0.2) is 50.3 Å². The van der Waals surface area contributed by atoms with Crippen molar-refractivity contribution in [2.45, 2.75) is 19.3 Å². The van der Waals surface area contributed by atoms with Crippen molar-refractivity contribution in [3.63, 3.8) is 0 Å². The normalized spacial score (nSPS) is 14.8. The van der Waals surface area contributed by atoms with Gasteiger partial charge in [-0.1, -0.05) is 24.3 Å². The Labute approximate surface area is 159 Å². The van der Waals surface area contributed by atoms with Crippen molar-refractivity contribution in [1.82, 2.24) is 15.6 Å². The zero-order chi connectivity index (χ0) is 19.1. The fourth-order valence-corrected chi connectivity index (χ4v) is 3.42. The molecular weight excluding hydrogens is 344 g/mol. The highest BCUT2D eigenvalue weighted by molar-refractivity contribution is 5.92. The molecule has 144 valence electrons. The van der Waals surface area contributed by atoms with Crippen LogP contribution in [0.3, 0.4) is 0 Å². The molecule has 2 N–H and O–H groups in total. The lowest BCUT2D eigenvalue weighted by Crippen LogP contribution is -2.36. The van der Waals surface area contributed by atoms with E-state index >= 15 is 0 Å². The quantitative estimate of drug-likeness (QED) is 0.815. The Bertz CT molecular complexity index is 782. The number of pyridine rings is 1. The highest BCUT2D eigenvalue weighted by Gasteiger charge is 2.21. The molecule has 0 saturated carbocycles. The first-order valence-corrected chi connectivity index (χ1v) is 9.37. The number of anilines is 1. The molecule has 0 spiro atoms. The number of alkyl carbamates (subject to hydrolysis) is 1. The molecule has 2 heterocycles. The lowest BCUT2D eigenvalue weighted by atomic mass is 9.93. The molecule has 0 radical (unpaired) electrons. The SMILES string of the molecule is CNC(=O)COC(=O)NCCC1CCN(c2nccc3ccccc23)CC1. The second-order valence-electron chi connectivity index (χ2n) is 6.75. The number of carbonyl (C=O) groups excluding carboxylic acids is 2. The van der Waals surface area contributed by atoms with Gasteiger partial charge >= 0.3 is 6.09 Å². The van der Waals surface area contributed by atoms with Crippen LogP contribution in [0, 0.1) is 5.92 Å². The molecule has 7 heteroatoms. The smallest absolute Gasteiger partial charge is 0.407 e. The van der Waals surface area contributed by atoms with Gasteiger partial charge in [0.05, 0.1) is 0 Å². The summed E-state index contributed by atoms with van der Waals surface area (Å²) in [6, 6.07) is 10.4. The first-order chi connectivity index (χ1) is 13.2. The molecule has 1 saturated heterocycles. The summed E-state index contributed by atoms with van der Waals surface area (Å²) in [5, 5.41) is 7.52. The van der Waals surface area contributed by atoms with E-state index in [-0.39, 0.29) is 12.5 Å². The van der Waals surface area contributed by atoms with Crippen LogP contribution < -0.4 is 15.5 Å². The van der Waals surface area contributed by atoms with Crippen molar-refractivity contribution >= 4 is 28.6 Å². The van der Waals surface area contributed by atoms with Crippen LogP contribution in [0.25, 0.3) is 10.8 Å². The van der Waals surface area contributed by atoms with Crippen molar-refractivity contribution in [2.24, 2.45) is 5.92 Å². The number of nitrogens with one attached hydrogen (secondary N) is 2. The second-order valence-corrected chi connectivity index (χ2v) is 6.75. The average Bonchev–Trinajstić information content (AvgIpc) is 2.72. The Morgan fingerprint density at radius 2 is 2.00 bits per heavy atom. The lowest BCUT2D eigenvalue weighted by Gasteiger charge is -2.33. The summed E-state index contributed by atoms with van der Waals surface area (Å²) in [5.41, 5.74) is 0. The molecule has 0 atom stereocenters. The maximum atomic E-state index is 11.5. The van der Waals surface area contributed by atoms with E-state index < -0.39 is 6.09 Å². The number of nitrogens with zero attached hydrogens (tertiary/aromatic N) is 2. The van der Waals surface area contributed by atoms with Gasteiger partial charge in [0.2, 0.25) is 0 Å². The highest BCUT2D eigenvalue weighted by atomic mass is 16.6. The standard InChI is InChI=1S/C20H26N4O3/c1-21-18(25)14-27-20(26)23-10-6-15-8-12-24(13-9-15)19-17-5-3-2-4-16(17)7-11-22-19/h2-5,7,11,15H,6,8-10,12-14H2,1H3,(H,21,25)(H,23,26). The van der Waals surface area contributed by atoms with Crippen LogP contribution in [0.2, 0.25) is 0 Å². The number of benzene rings is 1. The Balaban J connectivity index is 1.43. The lowest BCUT2D eigenvalue weighted by molar-refractivity contribution is -0.123. The van der Waals surface area contributed by atoms with Gasteiger partial charge in [-0.15, -0.1) is 0 Å². The van der Waals surface area contributed by atoms with Crippen LogP contribution in [0.15, 0.2) is 36.5 Å². The van der Waals surface area contributed by atoms with Crippen LogP contribution in [0.1, 0.15) is 19.3 Å². The van der Waals surface area contributed by atoms with E-state index in [9.17, 15) is 9.59 Å². The minimum absolute atomic E-state index is 0.251. The van der Waals surface area contributed by atoms with E-state index in [2.05, 4.69) is 38.7 Å². The van der Waals surface area contributed by atoms with Gasteiger partial charge in [0.25, 0.3) is 5.91 Å². The zero-order valence-corrected chi connectivity index (χ0v) is 15.6. The van der Waals surface area contributed by atoms with Crippen LogP contribution in [-0.2, 0) is 9.53 Å². The number of likely N-dealkylation sites (N-methyl/N-ethyl adjacent to an activating group) is 1. The molecule has 7 nitrogen and oxygen atoms in total. The van der Waals surface area contributed by atoms with Crippen LogP contribution >= 0.6 is 0 Å². The minimum atomic E-state index is -0.545. The summed E-state index contributed by atoms with van der Waals surface area (Å²) in [6.45, 7) is 2.24. The number of hydrogen-bond donors (Lipinski definition) is 2. The van der Waals surface area contributed by atoms with E-state index in [1.807, 2.05) is 18.3 Å². The predicted octanol–water partition coefficient (Wildman–Crippen LogP) is 2.31. The average molecular weight is 370 g/mol. The van der Waals surface area contributed by atoms with E-state index in [0.717, 1.165) is 38.2 Å². The number of amides is 2. The first-order valence-electron chi connectivity index (χ1n) is 9.37. The second kappa shape index (κ2) is 9.21. The Morgan fingerprint density at radius 1 is 1.22 bits per heavy atom. The van der Waals surface area contributed by atoms with Crippen molar-refractivity contribution in [3.05, 3.63) is 36.5 Å².